The molecule has 3 N–H and O–H groups in total. The molecular formula is C13H25N3O. The van der Waals surface area contributed by atoms with E-state index in [1.54, 1.807) is 0 Å². The van der Waals surface area contributed by atoms with Crippen molar-refractivity contribution in [3.8, 4) is 0 Å². The predicted molar refractivity (Wildman–Crippen MR) is 69.3 cm³/mol. The second kappa shape index (κ2) is 5.36. The zero-order valence-corrected chi connectivity index (χ0v) is 10.9. The maximum Gasteiger partial charge on any atom is 0.0918 e. The molecule has 1 aliphatic heterocycles. The number of hydrogen-bond acceptors (Lipinski definition) is 3. The zero-order valence-electron chi connectivity index (χ0n) is 10.9. The Bertz CT molecular complexity index is 274. The molecule has 1 spiro atoms. The van der Waals surface area contributed by atoms with Gasteiger partial charge >= 0.3 is 0 Å². The van der Waals surface area contributed by atoms with Gasteiger partial charge < -0.3 is 15.4 Å². The molecule has 17 heavy (non-hydrogen) atoms. The highest BCUT2D eigenvalue weighted by Gasteiger charge is 2.42. The van der Waals surface area contributed by atoms with Crippen LogP contribution in [0.15, 0.2) is 0 Å². The van der Waals surface area contributed by atoms with E-state index in [1.165, 1.54) is 38.5 Å². The molecule has 0 aromatic rings. The molecule has 0 radical (unpaired) electrons. The average molecular weight is 239 g/mol. The quantitative estimate of drug-likeness (QED) is 0.567. The van der Waals surface area contributed by atoms with Gasteiger partial charge in [0.25, 0.3) is 0 Å². The molecule has 1 atom stereocenters. The number of nitrogens with one attached hydrogen (secondary N) is 1. The number of nitrogens with zero attached hydrogens (tertiary/aromatic N) is 1. The lowest BCUT2D eigenvalue weighted by Gasteiger charge is -2.26. The van der Waals surface area contributed by atoms with Crippen LogP contribution in [0.5, 0.6) is 0 Å². The van der Waals surface area contributed by atoms with Gasteiger partial charge in [-0.3, -0.25) is 5.41 Å². The number of rotatable bonds is 5. The number of ether oxygens (including phenoxy) is 1. The predicted octanol–water partition coefficient (Wildman–Crippen LogP) is 1.74. The summed E-state index contributed by atoms with van der Waals surface area (Å²) in [6.07, 6.45) is 8.71. The Labute approximate surface area is 104 Å². The van der Waals surface area contributed by atoms with Gasteiger partial charge in [-0.15, -0.1) is 0 Å². The molecule has 2 rings (SSSR count). The van der Waals surface area contributed by atoms with Crippen LogP contribution in [-0.2, 0) is 4.74 Å². The summed E-state index contributed by atoms with van der Waals surface area (Å²) in [5, 5.41) is 7.22. The Morgan fingerprint density at radius 3 is 2.76 bits per heavy atom. The molecule has 2 fully saturated rings. The Hall–Kier alpha value is -0.610. The summed E-state index contributed by atoms with van der Waals surface area (Å²) < 4.78 is 6.26. The van der Waals surface area contributed by atoms with Crippen molar-refractivity contribution in [2.45, 2.75) is 56.7 Å². The first kappa shape index (κ1) is 12.8. The third-order valence-corrected chi connectivity index (χ3v) is 4.13. The van der Waals surface area contributed by atoms with Crippen molar-refractivity contribution in [1.82, 2.24) is 4.90 Å². The van der Waals surface area contributed by atoms with Crippen molar-refractivity contribution >= 4 is 5.84 Å². The molecule has 4 heteroatoms. The highest BCUT2D eigenvalue weighted by atomic mass is 16.5. The van der Waals surface area contributed by atoms with E-state index in [4.69, 9.17) is 15.9 Å². The maximum absolute atomic E-state index is 7.22. The van der Waals surface area contributed by atoms with E-state index in [0.29, 0.717) is 12.5 Å². The first-order valence-electron chi connectivity index (χ1n) is 6.79. The molecular weight excluding hydrogens is 214 g/mol. The van der Waals surface area contributed by atoms with Crippen molar-refractivity contribution in [3.63, 3.8) is 0 Å². The lowest BCUT2D eigenvalue weighted by Crippen LogP contribution is -2.34. The van der Waals surface area contributed by atoms with Crippen molar-refractivity contribution in [1.29, 1.82) is 5.41 Å². The van der Waals surface area contributed by atoms with Crippen LogP contribution in [0.1, 0.15) is 44.9 Å². The fourth-order valence-electron chi connectivity index (χ4n) is 3.16. The summed E-state index contributed by atoms with van der Waals surface area (Å²) in [6, 6.07) is 0. The highest BCUT2D eigenvalue weighted by Crippen LogP contribution is 2.43. The standard InChI is InChI=1S/C13H25N3O/c1-16(9-5-12(14)15)10-11-4-8-13(17-11)6-2-3-7-13/h11H,2-10H2,1H3,(H3,14,15). The number of amidine groups is 1. The SMILES string of the molecule is CN(CCC(=N)N)CC1CCC2(CCCC2)O1. The highest BCUT2D eigenvalue weighted by molar-refractivity contribution is 5.76. The molecule has 0 bridgehead atoms. The lowest BCUT2D eigenvalue weighted by molar-refractivity contribution is -0.0448. The van der Waals surface area contributed by atoms with Crippen LogP contribution in [-0.4, -0.2) is 42.6 Å². The summed E-state index contributed by atoms with van der Waals surface area (Å²) in [6.45, 7) is 1.84. The Morgan fingerprint density at radius 1 is 1.41 bits per heavy atom. The van der Waals surface area contributed by atoms with Crippen LogP contribution in [0, 0.1) is 5.41 Å². The van der Waals surface area contributed by atoms with E-state index in [9.17, 15) is 0 Å². The van der Waals surface area contributed by atoms with Crippen molar-refractivity contribution in [3.05, 3.63) is 0 Å². The van der Waals surface area contributed by atoms with Gasteiger partial charge in [0.15, 0.2) is 0 Å². The van der Waals surface area contributed by atoms with Crippen molar-refractivity contribution in [2.24, 2.45) is 5.73 Å². The van der Waals surface area contributed by atoms with Gasteiger partial charge in [-0.2, -0.15) is 0 Å². The third-order valence-electron chi connectivity index (χ3n) is 4.13. The van der Waals surface area contributed by atoms with E-state index < -0.39 is 0 Å². The molecule has 0 aromatic heterocycles. The summed E-state index contributed by atoms with van der Waals surface area (Å²) in [5.74, 6) is 0.274. The van der Waals surface area contributed by atoms with Gasteiger partial charge in [0, 0.05) is 19.5 Å². The van der Waals surface area contributed by atoms with Crippen molar-refractivity contribution in [2.75, 3.05) is 20.1 Å². The van der Waals surface area contributed by atoms with E-state index in [0.717, 1.165) is 13.1 Å². The van der Waals surface area contributed by atoms with E-state index >= 15 is 0 Å². The number of likely N-dealkylation sites (N-methyl/N-ethyl adjacent to an activating group) is 1. The van der Waals surface area contributed by atoms with Crippen LogP contribution in [0.3, 0.4) is 0 Å². The Balaban J connectivity index is 1.71. The molecule has 0 aromatic carbocycles. The molecule has 1 aliphatic carbocycles. The second-order valence-electron chi connectivity index (χ2n) is 5.71. The lowest BCUT2D eigenvalue weighted by atomic mass is 9.98. The van der Waals surface area contributed by atoms with Crippen LogP contribution < -0.4 is 5.73 Å². The van der Waals surface area contributed by atoms with Gasteiger partial charge in [-0.05, 0) is 32.7 Å². The van der Waals surface area contributed by atoms with Crippen LogP contribution >= 0.6 is 0 Å². The largest absolute Gasteiger partial charge is 0.388 e. The molecule has 1 saturated heterocycles. The third kappa shape index (κ3) is 3.42. The Kier molecular flexibility index (Phi) is 4.05. The topological polar surface area (TPSA) is 62.3 Å². The van der Waals surface area contributed by atoms with Crippen LogP contribution in [0.2, 0.25) is 0 Å². The fourth-order valence-corrected chi connectivity index (χ4v) is 3.16. The zero-order chi connectivity index (χ0) is 12.3. The normalized spacial score (nSPS) is 27.1. The second-order valence-corrected chi connectivity index (χ2v) is 5.71. The smallest absolute Gasteiger partial charge is 0.0918 e. The van der Waals surface area contributed by atoms with E-state index in [1.807, 2.05) is 0 Å². The van der Waals surface area contributed by atoms with Crippen LogP contribution in [0.4, 0.5) is 0 Å². The summed E-state index contributed by atoms with van der Waals surface area (Å²) in [7, 11) is 2.09. The van der Waals surface area contributed by atoms with E-state index in [-0.39, 0.29) is 11.4 Å². The first-order chi connectivity index (χ1) is 8.10. The molecule has 1 saturated carbocycles. The summed E-state index contributed by atoms with van der Waals surface area (Å²) in [5.41, 5.74) is 5.61. The van der Waals surface area contributed by atoms with Gasteiger partial charge in [0.1, 0.15) is 0 Å². The molecule has 0 amide bonds. The van der Waals surface area contributed by atoms with Gasteiger partial charge in [-0.25, -0.2) is 0 Å². The minimum absolute atomic E-state index is 0.242. The van der Waals surface area contributed by atoms with Gasteiger partial charge in [-0.1, -0.05) is 12.8 Å². The van der Waals surface area contributed by atoms with E-state index in [2.05, 4.69) is 11.9 Å². The molecule has 1 unspecified atom stereocenters. The fraction of sp³-hybridized carbons (Fsp3) is 0.923. The van der Waals surface area contributed by atoms with Crippen molar-refractivity contribution < 1.29 is 4.74 Å². The monoisotopic (exact) mass is 239 g/mol. The molecule has 2 aliphatic rings. The Morgan fingerprint density at radius 2 is 2.12 bits per heavy atom. The summed E-state index contributed by atoms with van der Waals surface area (Å²) in [4.78, 5) is 2.24. The van der Waals surface area contributed by atoms with Crippen LogP contribution in [0.25, 0.3) is 0 Å². The minimum atomic E-state index is 0.242. The molecule has 1 heterocycles. The summed E-state index contributed by atoms with van der Waals surface area (Å²) >= 11 is 0. The molecule has 98 valence electrons. The minimum Gasteiger partial charge on any atom is -0.388 e. The first-order valence-corrected chi connectivity index (χ1v) is 6.79. The van der Waals surface area contributed by atoms with Gasteiger partial charge in [0.05, 0.1) is 17.5 Å². The maximum atomic E-state index is 7.22. The molecule has 4 nitrogen and oxygen atoms in total. The average Bonchev–Trinajstić information content (AvgIpc) is 2.87. The van der Waals surface area contributed by atoms with Gasteiger partial charge in [0.2, 0.25) is 0 Å². The number of hydrogen-bond donors (Lipinski definition) is 2. The number of nitrogens with two attached hydrogens (primary N) is 1.